The SMILES string of the molecule is C=C/C(OC)=C(\C/C=C(\CC)c1csnc1C(/C=C(\C)OC)=C/C(OC)=C(\C)OC)SP(=O)(O)O. The molecule has 0 atom stereocenters. The lowest BCUT2D eigenvalue weighted by molar-refractivity contribution is 0.232. The van der Waals surface area contributed by atoms with Crippen molar-refractivity contribution in [3.05, 3.63) is 75.5 Å². The zero-order chi connectivity index (χ0) is 26.6. The van der Waals surface area contributed by atoms with E-state index in [0.717, 1.165) is 22.4 Å². The first kappa shape index (κ1) is 30.8. The van der Waals surface area contributed by atoms with E-state index in [1.807, 2.05) is 37.5 Å². The summed E-state index contributed by atoms with van der Waals surface area (Å²) in [6, 6.07) is 0. The van der Waals surface area contributed by atoms with Gasteiger partial charge in [-0.1, -0.05) is 19.6 Å². The van der Waals surface area contributed by atoms with Gasteiger partial charge in [-0.15, -0.1) is 0 Å². The van der Waals surface area contributed by atoms with E-state index >= 15 is 0 Å². The highest BCUT2D eigenvalue weighted by molar-refractivity contribution is 8.56. The molecule has 0 spiro atoms. The Morgan fingerprint density at radius 3 is 2.26 bits per heavy atom. The van der Waals surface area contributed by atoms with Crippen LogP contribution in [-0.4, -0.2) is 42.6 Å². The fourth-order valence-corrected chi connectivity index (χ4v) is 5.76. The summed E-state index contributed by atoms with van der Waals surface area (Å²) in [5, 5.41) is 1.94. The van der Waals surface area contributed by atoms with Gasteiger partial charge in [0.05, 0.1) is 39.9 Å². The lowest BCUT2D eigenvalue weighted by Gasteiger charge is -2.13. The van der Waals surface area contributed by atoms with Gasteiger partial charge in [0.2, 0.25) is 0 Å². The van der Waals surface area contributed by atoms with E-state index in [4.69, 9.17) is 18.9 Å². The van der Waals surface area contributed by atoms with Gasteiger partial charge in [-0.05, 0) is 67.0 Å². The van der Waals surface area contributed by atoms with Crippen LogP contribution >= 0.6 is 29.7 Å². The minimum atomic E-state index is -4.38. The molecule has 1 rings (SSSR count). The predicted octanol–water partition coefficient (Wildman–Crippen LogP) is 6.65. The summed E-state index contributed by atoms with van der Waals surface area (Å²) >= 11 is 1.78. The van der Waals surface area contributed by atoms with Gasteiger partial charge >= 0.3 is 6.80 Å². The first-order chi connectivity index (χ1) is 16.5. The van der Waals surface area contributed by atoms with Crippen molar-refractivity contribution >= 4 is 40.9 Å². The van der Waals surface area contributed by atoms with Crippen molar-refractivity contribution in [2.45, 2.75) is 33.6 Å². The summed E-state index contributed by atoms with van der Waals surface area (Å²) in [7, 11) is 6.17. The number of hydrogen-bond donors (Lipinski definition) is 2. The topological polar surface area (TPSA) is 107 Å². The van der Waals surface area contributed by atoms with E-state index < -0.39 is 6.80 Å². The first-order valence-corrected chi connectivity index (χ1v) is 14.4. The molecule has 11 heteroatoms. The molecule has 0 fully saturated rings. The number of allylic oxidation sites excluding steroid dienone is 9. The van der Waals surface area contributed by atoms with Crippen LogP contribution in [-0.2, 0) is 23.5 Å². The molecule has 194 valence electrons. The van der Waals surface area contributed by atoms with E-state index in [9.17, 15) is 14.4 Å². The monoisotopic (exact) mass is 543 g/mol. The van der Waals surface area contributed by atoms with E-state index in [1.54, 1.807) is 28.3 Å². The van der Waals surface area contributed by atoms with Crippen LogP contribution in [0.2, 0.25) is 0 Å². The maximum atomic E-state index is 11.7. The Hall–Kier alpha value is -2.23. The van der Waals surface area contributed by atoms with Crippen molar-refractivity contribution in [3.8, 4) is 0 Å². The van der Waals surface area contributed by atoms with E-state index in [0.29, 0.717) is 45.7 Å². The van der Waals surface area contributed by atoms with Gasteiger partial charge in [0, 0.05) is 27.8 Å². The zero-order valence-electron chi connectivity index (χ0n) is 21.2. The van der Waals surface area contributed by atoms with Crippen LogP contribution in [0.5, 0.6) is 0 Å². The molecule has 2 N–H and O–H groups in total. The smallest absolute Gasteiger partial charge is 0.388 e. The largest absolute Gasteiger partial charge is 0.501 e. The summed E-state index contributed by atoms with van der Waals surface area (Å²) in [4.78, 5) is 19.4. The number of hydrogen-bond acceptors (Lipinski definition) is 8. The molecule has 35 heavy (non-hydrogen) atoms. The lowest BCUT2D eigenvalue weighted by Crippen LogP contribution is -1.96. The predicted molar refractivity (Wildman–Crippen MR) is 144 cm³/mol. The van der Waals surface area contributed by atoms with Gasteiger partial charge in [0.1, 0.15) is 11.5 Å². The van der Waals surface area contributed by atoms with E-state index in [2.05, 4.69) is 11.0 Å². The second-order valence-corrected chi connectivity index (χ2v) is 11.3. The maximum absolute atomic E-state index is 11.7. The molecule has 1 heterocycles. The van der Waals surface area contributed by atoms with Gasteiger partial charge in [-0.3, -0.25) is 0 Å². The van der Waals surface area contributed by atoms with Gasteiger partial charge in [-0.25, -0.2) is 4.57 Å². The third-order valence-corrected chi connectivity index (χ3v) is 7.68. The van der Waals surface area contributed by atoms with Crippen LogP contribution in [0.4, 0.5) is 0 Å². The Balaban J connectivity index is 3.65. The van der Waals surface area contributed by atoms with Crippen molar-refractivity contribution in [1.29, 1.82) is 0 Å². The summed E-state index contributed by atoms with van der Waals surface area (Å²) in [6.45, 7) is 4.95. The Labute approximate surface area is 215 Å². The zero-order valence-corrected chi connectivity index (χ0v) is 23.7. The molecule has 0 saturated heterocycles. The van der Waals surface area contributed by atoms with Crippen LogP contribution in [0.25, 0.3) is 11.1 Å². The minimum absolute atomic E-state index is 0.251. The number of nitrogens with zero attached hydrogens (tertiary/aromatic N) is 1. The average molecular weight is 544 g/mol. The molecule has 0 bridgehead atoms. The average Bonchev–Trinajstić information content (AvgIpc) is 3.30. The Morgan fingerprint density at radius 2 is 1.77 bits per heavy atom. The van der Waals surface area contributed by atoms with Crippen LogP contribution in [0.15, 0.2) is 64.2 Å². The Morgan fingerprint density at radius 1 is 1.11 bits per heavy atom. The number of aromatic nitrogens is 1. The van der Waals surface area contributed by atoms with E-state index in [-0.39, 0.29) is 6.42 Å². The molecule has 0 aromatic carbocycles. The fourth-order valence-electron chi connectivity index (χ4n) is 2.97. The van der Waals surface area contributed by atoms with Crippen LogP contribution < -0.4 is 0 Å². The maximum Gasteiger partial charge on any atom is 0.388 e. The normalized spacial score (nSPS) is 14.7. The third-order valence-electron chi connectivity index (χ3n) is 4.85. The van der Waals surface area contributed by atoms with Crippen molar-refractivity contribution < 1.29 is 33.3 Å². The van der Waals surface area contributed by atoms with Crippen LogP contribution in [0.3, 0.4) is 0 Å². The second-order valence-electron chi connectivity index (χ2n) is 7.03. The molecule has 0 amide bonds. The summed E-state index contributed by atoms with van der Waals surface area (Å²) in [5.74, 6) is 2.15. The minimum Gasteiger partial charge on any atom is -0.501 e. The molecule has 0 saturated carbocycles. The molecule has 0 unspecified atom stereocenters. The van der Waals surface area contributed by atoms with Gasteiger partial charge in [0.25, 0.3) is 0 Å². The molecule has 0 radical (unpaired) electrons. The Bertz CT molecular complexity index is 1080. The lowest BCUT2D eigenvalue weighted by atomic mass is 9.98. The van der Waals surface area contributed by atoms with Crippen molar-refractivity contribution in [2.24, 2.45) is 0 Å². The fraction of sp³-hybridized carbons (Fsp3) is 0.375. The molecule has 0 aliphatic carbocycles. The molecular formula is C24H34NO7PS2. The molecule has 0 aliphatic rings. The molecular weight excluding hydrogens is 509 g/mol. The molecule has 8 nitrogen and oxygen atoms in total. The van der Waals surface area contributed by atoms with Gasteiger partial charge < -0.3 is 28.7 Å². The number of rotatable bonds is 14. The quantitative estimate of drug-likeness (QED) is 0.151. The summed E-state index contributed by atoms with van der Waals surface area (Å²) in [5.41, 5.74) is 3.34. The Kier molecular flexibility index (Phi) is 13.2. The standard InChI is InChI=1S/C24H34NO7PS2/c1-9-18(11-12-23(21(10-2)31-7)35-33(26,27)28)20-15-34-25-24(20)19(13-16(3)29-5)14-22(32-8)17(4)30-6/h10-11,13-15H,2,9,12H2,1,3-8H3,(H2,26,27,28)/b16-13+,18-11+,19-14+,22-17-,23-21-. The number of methoxy groups -OCH3 is 4. The summed E-state index contributed by atoms with van der Waals surface area (Å²) in [6.07, 6.45) is 7.98. The second kappa shape index (κ2) is 15.0. The summed E-state index contributed by atoms with van der Waals surface area (Å²) < 4.78 is 37.8. The highest BCUT2D eigenvalue weighted by atomic mass is 32.7. The van der Waals surface area contributed by atoms with Crippen molar-refractivity contribution in [3.63, 3.8) is 0 Å². The van der Waals surface area contributed by atoms with Gasteiger partial charge in [-0.2, -0.15) is 4.37 Å². The van der Waals surface area contributed by atoms with Crippen LogP contribution in [0, 0.1) is 0 Å². The third kappa shape index (κ3) is 9.74. The highest BCUT2D eigenvalue weighted by Crippen LogP contribution is 2.56. The van der Waals surface area contributed by atoms with Crippen molar-refractivity contribution in [1.82, 2.24) is 4.37 Å². The first-order valence-electron chi connectivity index (χ1n) is 10.6. The molecule has 0 aliphatic heterocycles. The highest BCUT2D eigenvalue weighted by Gasteiger charge is 2.21. The number of ether oxygens (including phenoxy) is 4. The van der Waals surface area contributed by atoms with Crippen LogP contribution in [0.1, 0.15) is 44.9 Å². The van der Waals surface area contributed by atoms with E-state index in [1.165, 1.54) is 24.7 Å². The van der Waals surface area contributed by atoms with Crippen molar-refractivity contribution in [2.75, 3.05) is 28.4 Å². The molecule has 1 aromatic rings. The molecule has 1 aromatic heterocycles. The van der Waals surface area contributed by atoms with Gasteiger partial charge in [0.15, 0.2) is 5.76 Å².